The van der Waals surface area contributed by atoms with Gasteiger partial charge < -0.3 is 10.4 Å². The molecule has 2 unspecified atom stereocenters. The van der Waals surface area contributed by atoms with Crippen molar-refractivity contribution in [3.63, 3.8) is 0 Å². The van der Waals surface area contributed by atoms with Gasteiger partial charge in [-0.05, 0) is 38.1 Å². The quantitative estimate of drug-likeness (QED) is 0.710. The number of nitrogens with one attached hydrogen (secondary N) is 1. The molecule has 94 valence electrons. The first-order valence-corrected chi connectivity index (χ1v) is 6.55. The maximum Gasteiger partial charge on any atom is 0.305 e. The Kier molecular flexibility index (Phi) is 5.26. The lowest BCUT2D eigenvalue weighted by atomic mass is 9.86. The smallest absolute Gasteiger partial charge is 0.305 e. The SMILES string of the molecule is CCCNC1(CC(=O)O)CCCC(C)CC1. The van der Waals surface area contributed by atoms with Crippen LogP contribution in [0.3, 0.4) is 0 Å². The Labute approximate surface area is 98.6 Å². The predicted molar refractivity (Wildman–Crippen MR) is 65.5 cm³/mol. The maximum absolute atomic E-state index is 11.0. The second-order valence-corrected chi connectivity index (χ2v) is 5.31. The highest BCUT2D eigenvalue weighted by atomic mass is 16.4. The molecule has 0 bridgehead atoms. The van der Waals surface area contributed by atoms with E-state index < -0.39 is 5.97 Å². The minimum atomic E-state index is -0.668. The molecule has 0 spiro atoms. The van der Waals surface area contributed by atoms with Gasteiger partial charge in [0.1, 0.15) is 0 Å². The van der Waals surface area contributed by atoms with Crippen molar-refractivity contribution in [2.45, 2.75) is 64.3 Å². The zero-order chi connectivity index (χ0) is 12.0. The van der Waals surface area contributed by atoms with Crippen LogP contribution >= 0.6 is 0 Å². The van der Waals surface area contributed by atoms with Crippen molar-refractivity contribution < 1.29 is 9.90 Å². The van der Waals surface area contributed by atoms with Crippen molar-refractivity contribution in [3.8, 4) is 0 Å². The first kappa shape index (κ1) is 13.5. The van der Waals surface area contributed by atoms with Gasteiger partial charge in [-0.2, -0.15) is 0 Å². The molecule has 0 aliphatic heterocycles. The second kappa shape index (κ2) is 6.24. The number of hydrogen-bond donors (Lipinski definition) is 2. The number of aliphatic carboxylic acids is 1. The van der Waals surface area contributed by atoms with Gasteiger partial charge in [-0.25, -0.2) is 0 Å². The molecule has 0 aromatic heterocycles. The molecule has 0 aromatic carbocycles. The van der Waals surface area contributed by atoms with Crippen molar-refractivity contribution in [2.75, 3.05) is 6.54 Å². The van der Waals surface area contributed by atoms with Crippen LogP contribution in [0.4, 0.5) is 0 Å². The molecule has 1 aliphatic carbocycles. The van der Waals surface area contributed by atoms with Gasteiger partial charge in [-0.15, -0.1) is 0 Å². The van der Waals surface area contributed by atoms with E-state index in [2.05, 4.69) is 19.2 Å². The van der Waals surface area contributed by atoms with Gasteiger partial charge in [0.15, 0.2) is 0 Å². The highest BCUT2D eigenvalue weighted by Crippen LogP contribution is 2.32. The average Bonchev–Trinajstić information content (AvgIpc) is 2.38. The predicted octanol–water partition coefficient (Wildman–Crippen LogP) is 2.80. The van der Waals surface area contributed by atoms with E-state index in [4.69, 9.17) is 5.11 Å². The van der Waals surface area contributed by atoms with E-state index in [1.807, 2.05) is 0 Å². The zero-order valence-electron chi connectivity index (χ0n) is 10.6. The molecule has 16 heavy (non-hydrogen) atoms. The van der Waals surface area contributed by atoms with Crippen molar-refractivity contribution in [1.29, 1.82) is 0 Å². The molecule has 2 N–H and O–H groups in total. The van der Waals surface area contributed by atoms with Crippen LogP contribution in [0.1, 0.15) is 58.8 Å². The minimum absolute atomic E-state index is 0.132. The summed E-state index contributed by atoms with van der Waals surface area (Å²) < 4.78 is 0. The molecule has 3 nitrogen and oxygen atoms in total. The zero-order valence-corrected chi connectivity index (χ0v) is 10.6. The van der Waals surface area contributed by atoms with Crippen molar-refractivity contribution in [2.24, 2.45) is 5.92 Å². The Balaban J connectivity index is 2.64. The molecule has 0 amide bonds. The summed E-state index contributed by atoms with van der Waals surface area (Å²) in [5.41, 5.74) is -0.132. The lowest BCUT2D eigenvalue weighted by Crippen LogP contribution is -2.47. The Bertz CT molecular complexity index is 226. The summed E-state index contributed by atoms with van der Waals surface area (Å²) in [4.78, 5) is 11.0. The van der Waals surface area contributed by atoms with E-state index in [-0.39, 0.29) is 12.0 Å². The first-order valence-electron chi connectivity index (χ1n) is 6.55. The number of rotatable bonds is 5. The Morgan fingerprint density at radius 3 is 2.81 bits per heavy atom. The Morgan fingerprint density at radius 2 is 2.19 bits per heavy atom. The molecule has 0 heterocycles. The van der Waals surface area contributed by atoms with Crippen LogP contribution in [0.25, 0.3) is 0 Å². The summed E-state index contributed by atoms with van der Waals surface area (Å²) >= 11 is 0. The van der Waals surface area contributed by atoms with E-state index in [9.17, 15) is 4.79 Å². The van der Waals surface area contributed by atoms with Gasteiger partial charge in [-0.1, -0.05) is 26.7 Å². The van der Waals surface area contributed by atoms with Crippen molar-refractivity contribution in [1.82, 2.24) is 5.32 Å². The topological polar surface area (TPSA) is 49.3 Å². The van der Waals surface area contributed by atoms with E-state index >= 15 is 0 Å². The van der Waals surface area contributed by atoms with Crippen LogP contribution in [0.15, 0.2) is 0 Å². The molecule has 0 aromatic rings. The molecule has 3 heteroatoms. The molecular weight excluding hydrogens is 202 g/mol. The molecule has 2 atom stereocenters. The molecule has 1 aliphatic rings. The van der Waals surface area contributed by atoms with Crippen LogP contribution in [-0.4, -0.2) is 23.2 Å². The lowest BCUT2D eigenvalue weighted by molar-refractivity contribution is -0.138. The maximum atomic E-state index is 11.0. The molecule has 1 fully saturated rings. The third-order valence-corrected chi connectivity index (χ3v) is 3.71. The molecular formula is C13H25NO2. The second-order valence-electron chi connectivity index (χ2n) is 5.31. The largest absolute Gasteiger partial charge is 0.481 e. The lowest BCUT2D eigenvalue weighted by Gasteiger charge is -2.32. The van der Waals surface area contributed by atoms with E-state index in [0.717, 1.165) is 44.6 Å². The molecule has 1 rings (SSSR count). The minimum Gasteiger partial charge on any atom is -0.481 e. The summed E-state index contributed by atoms with van der Waals surface area (Å²) in [7, 11) is 0. The van der Waals surface area contributed by atoms with Crippen LogP contribution in [0, 0.1) is 5.92 Å². The summed E-state index contributed by atoms with van der Waals surface area (Å²) in [6.45, 7) is 5.33. The number of hydrogen-bond acceptors (Lipinski definition) is 2. The third kappa shape index (κ3) is 4.12. The van der Waals surface area contributed by atoms with Gasteiger partial charge in [0.25, 0.3) is 0 Å². The van der Waals surface area contributed by atoms with Gasteiger partial charge in [0, 0.05) is 5.54 Å². The van der Waals surface area contributed by atoms with Crippen molar-refractivity contribution in [3.05, 3.63) is 0 Å². The van der Waals surface area contributed by atoms with E-state index in [1.54, 1.807) is 0 Å². The standard InChI is InChI=1S/C13H25NO2/c1-3-9-14-13(10-12(15)16)7-4-5-11(2)6-8-13/h11,14H,3-10H2,1-2H3,(H,15,16). The molecule has 1 saturated carbocycles. The highest BCUT2D eigenvalue weighted by molar-refractivity contribution is 5.68. The van der Waals surface area contributed by atoms with Crippen molar-refractivity contribution >= 4 is 5.97 Å². The molecule has 0 radical (unpaired) electrons. The summed E-state index contributed by atoms with van der Waals surface area (Å²) in [5, 5.41) is 12.5. The summed E-state index contributed by atoms with van der Waals surface area (Å²) in [5.74, 6) is 0.0808. The summed E-state index contributed by atoms with van der Waals surface area (Å²) in [6.07, 6.45) is 6.94. The average molecular weight is 227 g/mol. The fourth-order valence-electron chi connectivity index (χ4n) is 2.68. The molecule has 0 saturated heterocycles. The highest BCUT2D eigenvalue weighted by Gasteiger charge is 2.33. The number of carbonyl (C=O) groups is 1. The third-order valence-electron chi connectivity index (χ3n) is 3.71. The monoisotopic (exact) mass is 227 g/mol. The van der Waals surface area contributed by atoms with Gasteiger partial charge in [0.05, 0.1) is 6.42 Å². The Hall–Kier alpha value is -0.570. The van der Waals surface area contributed by atoms with Crippen LogP contribution < -0.4 is 5.32 Å². The van der Waals surface area contributed by atoms with Crippen LogP contribution in [-0.2, 0) is 4.79 Å². The van der Waals surface area contributed by atoms with Crippen LogP contribution in [0.2, 0.25) is 0 Å². The number of carboxylic acid groups (broad SMARTS) is 1. The number of carboxylic acids is 1. The normalized spacial score (nSPS) is 31.0. The van der Waals surface area contributed by atoms with Gasteiger partial charge in [-0.3, -0.25) is 4.79 Å². The summed E-state index contributed by atoms with van der Waals surface area (Å²) in [6, 6.07) is 0. The fourth-order valence-corrected chi connectivity index (χ4v) is 2.68. The van der Waals surface area contributed by atoms with Gasteiger partial charge >= 0.3 is 5.97 Å². The van der Waals surface area contributed by atoms with E-state index in [0.29, 0.717) is 0 Å². The van der Waals surface area contributed by atoms with E-state index in [1.165, 1.54) is 6.42 Å². The Morgan fingerprint density at radius 1 is 1.44 bits per heavy atom. The van der Waals surface area contributed by atoms with Crippen LogP contribution in [0.5, 0.6) is 0 Å². The first-order chi connectivity index (χ1) is 7.58. The van der Waals surface area contributed by atoms with Gasteiger partial charge in [0.2, 0.25) is 0 Å². The fraction of sp³-hybridized carbons (Fsp3) is 0.923.